The van der Waals surface area contributed by atoms with Crippen LogP contribution in [0.3, 0.4) is 0 Å². The van der Waals surface area contributed by atoms with Crippen molar-refractivity contribution in [3.8, 4) is 16.6 Å². The minimum absolute atomic E-state index is 0.469. The van der Waals surface area contributed by atoms with Crippen molar-refractivity contribution in [3.05, 3.63) is 23.2 Å². The predicted octanol–water partition coefficient (Wildman–Crippen LogP) is 1.66. The van der Waals surface area contributed by atoms with Crippen LogP contribution in [0.15, 0.2) is 18.3 Å². The van der Waals surface area contributed by atoms with E-state index in [0.29, 0.717) is 11.6 Å². The normalized spacial score (nSPS) is 12.4. The van der Waals surface area contributed by atoms with Crippen molar-refractivity contribution in [3.63, 3.8) is 0 Å². The number of hydrogen-bond donors (Lipinski definition) is 1. The molecule has 16 heavy (non-hydrogen) atoms. The van der Waals surface area contributed by atoms with Crippen LogP contribution < -0.4 is 4.74 Å². The Morgan fingerprint density at radius 1 is 1.38 bits per heavy atom. The highest BCUT2D eigenvalue weighted by Crippen LogP contribution is 2.27. The van der Waals surface area contributed by atoms with E-state index in [1.165, 1.54) is 11.3 Å². The maximum absolute atomic E-state index is 9.38. The minimum atomic E-state index is -0.502. The summed E-state index contributed by atoms with van der Waals surface area (Å²) in [6.07, 6.45) is 1.15. The van der Waals surface area contributed by atoms with Gasteiger partial charge in [0.1, 0.15) is 10.7 Å². The second kappa shape index (κ2) is 4.54. The molecule has 1 atom stereocenters. The van der Waals surface area contributed by atoms with Crippen molar-refractivity contribution >= 4 is 11.3 Å². The smallest absolute Gasteiger partial charge is 0.233 e. The van der Waals surface area contributed by atoms with Gasteiger partial charge in [-0.1, -0.05) is 0 Å². The molecule has 5 nitrogen and oxygen atoms in total. The molecule has 2 aromatic heterocycles. The number of aromatic nitrogens is 3. The van der Waals surface area contributed by atoms with E-state index in [9.17, 15) is 5.11 Å². The van der Waals surface area contributed by atoms with E-state index in [0.717, 1.165) is 9.88 Å². The van der Waals surface area contributed by atoms with Gasteiger partial charge in [-0.2, -0.15) is 0 Å². The highest BCUT2D eigenvalue weighted by molar-refractivity contribution is 7.15. The summed E-state index contributed by atoms with van der Waals surface area (Å²) < 4.78 is 4.92. The highest BCUT2D eigenvalue weighted by Gasteiger charge is 2.09. The standard InChI is InChI=1S/C10H11N3O2S/c1-6(14)8-5-11-10(16-8)7-3-4-9(15-2)13-12-7/h3-6,14H,1-2H3. The average Bonchev–Trinajstić information content (AvgIpc) is 2.78. The Morgan fingerprint density at radius 2 is 2.19 bits per heavy atom. The molecule has 84 valence electrons. The monoisotopic (exact) mass is 237 g/mol. The molecular weight excluding hydrogens is 226 g/mol. The molecule has 0 aromatic carbocycles. The van der Waals surface area contributed by atoms with Crippen molar-refractivity contribution in [2.75, 3.05) is 7.11 Å². The number of thiazole rings is 1. The van der Waals surface area contributed by atoms with Crippen molar-refractivity contribution in [1.29, 1.82) is 0 Å². The lowest BCUT2D eigenvalue weighted by atomic mass is 10.4. The number of methoxy groups -OCH3 is 1. The van der Waals surface area contributed by atoms with Gasteiger partial charge in [0, 0.05) is 12.3 Å². The molecule has 0 aliphatic heterocycles. The van der Waals surface area contributed by atoms with Gasteiger partial charge in [0.05, 0.1) is 18.1 Å². The lowest BCUT2D eigenvalue weighted by Gasteiger charge is -1.98. The fourth-order valence-electron chi connectivity index (χ4n) is 1.14. The second-order valence-corrected chi connectivity index (χ2v) is 4.27. The average molecular weight is 237 g/mol. The van der Waals surface area contributed by atoms with Crippen LogP contribution in [0, 0.1) is 0 Å². The summed E-state index contributed by atoms with van der Waals surface area (Å²) in [5.74, 6) is 0.469. The fourth-order valence-corrected chi connectivity index (χ4v) is 1.96. The summed E-state index contributed by atoms with van der Waals surface area (Å²) in [7, 11) is 1.54. The first-order valence-electron chi connectivity index (χ1n) is 4.72. The number of aliphatic hydroxyl groups excluding tert-OH is 1. The lowest BCUT2D eigenvalue weighted by molar-refractivity contribution is 0.203. The fraction of sp³-hybridized carbons (Fsp3) is 0.300. The lowest BCUT2D eigenvalue weighted by Crippen LogP contribution is -1.91. The number of ether oxygens (including phenoxy) is 1. The van der Waals surface area contributed by atoms with Crippen molar-refractivity contribution in [1.82, 2.24) is 15.2 Å². The molecule has 0 amide bonds. The molecule has 0 aliphatic rings. The third-order valence-electron chi connectivity index (χ3n) is 2.00. The zero-order valence-corrected chi connectivity index (χ0v) is 9.73. The summed E-state index contributed by atoms with van der Waals surface area (Å²) in [5, 5.41) is 18.0. The first kappa shape index (κ1) is 11.0. The SMILES string of the molecule is COc1ccc(-c2ncc(C(C)O)s2)nn1. The molecule has 1 unspecified atom stereocenters. The highest BCUT2D eigenvalue weighted by atomic mass is 32.1. The Kier molecular flexibility index (Phi) is 3.12. The van der Waals surface area contributed by atoms with Gasteiger partial charge < -0.3 is 9.84 Å². The van der Waals surface area contributed by atoms with Crippen LogP contribution >= 0.6 is 11.3 Å². The van der Waals surface area contributed by atoms with E-state index in [1.807, 2.05) is 0 Å². The molecule has 0 bridgehead atoms. The first-order valence-corrected chi connectivity index (χ1v) is 5.54. The van der Waals surface area contributed by atoms with E-state index in [-0.39, 0.29) is 0 Å². The summed E-state index contributed by atoms with van der Waals surface area (Å²) >= 11 is 1.40. The number of aliphatic hydroxyl groups is 1. The van der Waals surface area contributed by atoms with Crippen molar-refractivity contribution in [2.24, 2.45) is 0 Å². The number of rotatable bonds is 3. The van der Waals surface area contributed by atoms with Gasteiger partial charge in [0.2, 0.25) is 5.88 Å². The zero-order chi connectivity index (χ0) is 11.5. The summed E-state index contributed by atoms with van der Waals surface area (Å²) in [6.45, 7) is 1.71. The van der Waals surface area contributed by atoms with Gasteiger partial charge >= 0.3 is 0 Å². The maximum atomic E-state index is 9.38. The Labute approximate surface area is 96.8 Å². The predicted molar refractivity (Wildman–Crippen MR) is 60.3 cm³/mol. The molecule has 1 N–H and O–H groups in total. The van der Waals surface area contributed by atoms with Crippen LogP contribution in [0.2, 0.25) is 0 Å². The third kappa shape index (κ3) is 2.17. The summed E-state index contributed by atoms with van der Waals surface area (Å²) in [4.78, 5) is 4.99. The van der Waals surface area contributed by atoms with Crippen LogP contribution in [0.4, 0.5) is 0 Å². The quantitative estimate of drug-likeness (QED) is 0.879. The molecule has 0 spiro atoms. The minimum Gasteiger partial charge on any atom is -0.480 e. The maximum Gasteiger partial charge on any atom is 0.233 e. The molecule has 0 fully saturated rings. The molecule has 2 aromatic rings. The molecule has 0 aliphatic carbocycles. The molecule has 0 saturated heterocycles. The van der Waals surface area contributed by atoms with Crippen LogP contribution in [0.25, 0.3) is 10.7 Å². The second-order valence-electron chi connectivity index (χ2n) is 3.20. The van der Waals surface area contributed by atoms with Gasteiger partial charge in [-0.25, -0.2) is 4.98 Å². The third-order valence-corrected chi connectivity index (χ3v) is 3.19. The van der Waals surface area contributed by atoms with E-state index >= 15 is 0 Å². The van der Waals surface area contributed by atoms with Crippen molar-refractivity contribution in [2.45, 2.75) is 13.0 Å². The van der Waals surface area contributed by atoms with Gasteiger partial charge in [-0.3, -0.25) is 0 Å². The molecule has 6 heteroatoms. The molecule has 0 radical (unpaired) electrons. The van der Waals surface area contributed by atoms with E-state index in [1.54, 1.807) is 32.4 Å². The Bertz CT molecular complexity index is 467. The van der Waals surface area contributed by atoms with Crippen molar-refractivity contribution < 1.29 is 9.84 Å². The van der Waals surface area contributed by atoms with Gasteiger partial charge in [0.25, 0.3) is 0 Å². The van der Waals surface area contributed by atoms with Crippen LogP contribution in [0.1, 0.15) is 17.9 Å². The summed E-state index contributed by atoms with van der Waals surface area (Å²) in [5.41, 5.74) is 0.678. The van der Waals surface area contributed by atoms with Crippen LogP contribution in [-0.4, -0.2) is 27.4 Å². The van der Waals surface area contributed by atoms with Gasteiger partial charge in [-0.15, -0.1) is 21.5 Å². The molecule has 2 rings (SSSR count). The van der Waals surface area contributed by atoms with Crippen LogP contribution in [0.5, 0.6) is 5.88 Å². The van der Waals surface area contributed by atoms with Gasteiger partial charge in [-0.05, 0) is 13.0 Å². The topological polar surface area (TPSA) is 68.1 Å². The van der Waals surface area contributed by atoms with E-state index in [2.05, 4.69) is 15.2 Å². The molecule has 2 heterocycles. The number of hydrogen-bond acceptors (Lipinski definition) is 6. The summed E-state index contributed by atoms with van der Waals surface area (Å²) in [6, 6.07) is 3.52. The van der Waals surface area contributed by atoms with E-state index < -0.39 is 6.10 Å². The largest absolute Gasteiger partial charge is 0.480 e. The molecule has 0 saturated carbocycles. The Balaban J connectivity index is 2.28. The zero-order valence-electron chi connectivity index (χ0n) is 8.91. The van der Waals surface area contributed by atoms with Crippen LogP contribution in [-0.2, 0) is 0 Å². The number of nitrogens with zero attached hydrogens (tertiary/aromatic N) is 3. The van der Waals surface area contributed by atoms with E-state index in [4.69, 9.17) is 4.74 Å². The first-order chi connectivity index (χ1) is 7.70. The Morgan fingerprint density at radius 3 is 2.69 bits per heavy atom. The van der Waals surface area contributed by atoms with Gasteiger partial charge in [0.15, 0.2) is 0 Å². The Hall–Kier alpha value is -1.53. The molecular formula is C10H11N3O2S.